The number of hydrogen-bond acceptors (Lipinski definition) is 8. The van der Waals surface area contributed by atoms with Gasteiger partial charge in [0, 0.05) is 18.3 Å². The third-order valence-electron chi connectivity index (χ3n) is 7.45. The number of amides is 1. The van der Waals surface area contributed by atoms with Gasteiger partial charge in [-0.15, -0.1) is 0 Å². The maximum Gasteiger partial charge on any atom is 0.506 e. The van der Waals surface area contributed by atoms with E-state index in [-0.39, 0.29) is 24.9 Å². The SMILES string of the molecule is O=C(O)OC1CCNCC1C(=O)C1(c2ccc(C3CCNC(c4ccccn4)C3)cc2)CNC(=O)O1. The monoisotopic (exact) mass is 494 g/mol. The summed E-state index contributed by atoms with van der Waals surface area (Å²) in [5, 5.41) is 18.4. The number of ether oxygens (including phenoxy) is 2. The van der Waals surface area contributed by atoms with E-state index >= 15 is 0 Å². The molecule has 1 aromatic carbocycles. The van der Waals surface area contributed by atoms with Crippen molar-refractivity contribution in [3.8, 4) is 0 Å². The molecule has 10 heteroatoms. The first kappa shape index (κ1) is 24.2. The summed E-state index contributed by atoms with van der Waals surface area (Å²) in [6, 6.07) is 13.8. The lowest BCUT2D eigenvalue weighted by Crippen LogP contribution is -2.53. The van der Waals surface area contributed by atoms with Crippen molar-refractivity contribution in [1.82, 2.24) is 20.9 Å². The van der Waals surface area contributed by atoms with E-state index in [4.69, 9.17) is 14.6 Å². The van der Waals surface area contributed by atoms with Gasteiger partial charge in [-0.3, -0.25) is 9.78 Å². The summed E-state index contributed by atoms with van der Waals surface area (Å²) in [7, 11) is 0. The van der Waals surface area contributed by atoms with E-state index in [1.54, 1.807) is 6.20 Å². The molecule has 2 aromatic rings. The lowest BCUT2D eigenvalue weighted by Gasteiger charge is -2.35. The fourth-order valence-electron chi connectivity index (χ4n) is 5.59. The van der Waals surface area contributed by atoms with Crippen LogP contribution in [0, 0.1) is 5.92 Å². The molecule has 0 bridgehead atoms. The molecule has 4 heterocycles. The molecular weight excluding hydrogens is 464 g/mol. The number of carbonyl (C=O) groups excluding carboxylic acids is 2. The highest BCUT2D eigenvalue weighted by molar-refractivity contribution is 5.95. The second-order valence-electron chi connectivity index (χ2n) is 9.56. The number of ketones is 1. The first-order valence-corrected chi connectivity index (χ1v) is 12.3. The molecule has 0 saturated carbocycles. The van der Waals surface area contributed by atoms with Crippen LogP contribution in [0.25, 0.3) is 0 Å². The van der Waals surface area contributed by atoms with E-state index in [1.165, 1.54) is 0 Å². The number of alkyl carbamates (subject to hydrolysis) is 1. The van der Waals surface area contributed by atoms with Crippen LogP contribution in [-0.4, -0.2) is 60.4 Å². The number of Topliss-reactive ketones (excluding diaryl/α,β-unsaturated/α-hetero) is 1. The van der Waals surface area contributed by atoms with E-state index in [9.17, 15) is 14.4 Å². The number of pyridine rings is 1. The lowest BCUT2D eigenvalue weighted by atomic mass is 9.78. The van der Waals surface area contributed by atoms with E-state index in [2.05, 4.69) is 20.9 Å². The second-order valence-corrected chi connectivity index (χ2v) is 9.56. The Hall–Kier alpha value is -3.50. The van der Waals surface area contributed by atoms with Crippen LogP contribution in [0.2, 0.25) is 0 Å². The van der Waals surface area contributed by atoms with Crippen LogP contribution in [0.15, 0.2) is 48.7 Å². The summed E-state index contributed by atoms with van der Waals surface area (Å²) in [6.07, 6.45) is 1.15. The van der Waals surface area contributed by atoms with Gasteiger partial charge in [-0.2, -0.15) is 0 Å². The highest BCUT2D eigenvalue weighted by Crippen LogP contribution is 2.38. The van der Waals surface area contributed by atoms with E-state index in [0.29, 0.717) is 24.4 Å². The van der Waals surface area contributed by atoms with Crippen molar-refractivity contribution in [2.24, 2.45) is 5.92 Å². The van der Waals surface area contributed by atoms with Crippen LogP contribution in [0.5, 0.6) is 0 Å². The molecular formula is C26H30N4O6. The summed E-state index contributed by atoms with van der Waals surface area (Å²) >= 11 is 0. The molecule has 0 aliphatic carbocycles. The van der Waals surface area contributed by atoms with Crippen molar-refractivity contribution in [2.45, 2.75) is 42.9 Å². The van der Waals surface area contributed by atoms with Gasteiger partial charge in [0.2, 0.25) is 5.60 Å². The predicted octanol–water partition coefficient (Wildman–Crippen LogP) is 2.47. The smallest absolute Gasteiger partial charge is 0.450 e. The van der Waals surface area contributed by atoms with E-state index < -0.39 is 29.9 Å². The molecule has 0 radical (unpaired) electrons. The number of hydrogen-bond donors (Lipinski definition) is 4. The average Bonchev–Trinajstić information content (AvgIpc) is 3.32. The standard InChI is InChI=1S/C26H30N4O6/c31-23(19-14-27-11-9-22(19)35-25(33)34)26(15-30-24(32)36-26)18-6-4-16(5-7-18)17-8-12-29-21(13-17)20-3-1-2-10-28-20/h1-7,10,17,19,21-22,27,29H,8-9,11-15H2,(H,30,32)(H,33,34). The molecule has 190 valence electrons. The zero-order chi connectivity index (χ0) is 25.1. The fraction of sp³-hybridized carbons (Fsp3) is 0.462. The Labute approximate surface area is 208 Å². The normalized spacial score (nSPS) is 30.2. The molecule has 0 spiro atoms. The number of piperidine rings is 2. The van der Waals surface area contributed by atoms with Crippen molar-refractivity contribution in [3.63, 3.8) is 0 Å². The highest BCUT2D eigenvalue weighted by Gasteiger charge is 2.53. The van der Waals surface area contributed by atoms with Crippen molar-refractivity contribution >= 4 is 18.0 Å². The van der Waals surface area contributed by atoms with Gasteiger partial charge in [-0.1, -0.05) is 30.3 Å². The third-order valence-corrected chi connectivity index (χ3v) is 7.45. The molecule has 3 fully saturated rings. The molecule has 36 heavy (non-hydrogen) atoms. The molecule has 3 aliphatic rings. The van der Waals surface area contributed by atoms with Crippen LogP contribution < -0.4 is 16.0 Å². The molecule has 3 saturated heterocycles. The molecule has 5 rings (SSSR count). The fourth-order valence-corrected chi connectivity index (χ4v) is 5.59. The average molecular weight is 495 g/mol. The molecule has 1 aromatic heterocycles. The first-order valence-electron chi connectivity index (χ1n) is 12.3. The zero-order valence-electron chi connectivity index (χ0n) is 19.8. The minimum atomic E-state index is -1.54. The van der Waals surface area contributed by atoms with Crippen molar-refractivity contribution in [3.05, 3.63) is 65.5 Å². The number of carboxylic acid groups (broad SMARTS) is 1. The maximum absolute atomic E-state index is 13.8. The number of benzene rings is 1. The van der Waals surface area contributed by atoms with Gasteiger partial charge in [0.15, 0.2) is 5.78 Å². The number of cyclic esters (lactones) is 1. The van der Waals surface area contributed by atoms with Gasteiger partial charge >= 0.3 is 12.2 Å². The predicted molar refractivity (Wildman–Crippen MR) is 128 cm³/mol. The molecule has 1 amide bonds. The van der Waals surface area contributed by atoms with Gasteiger partial charge in [0.05, 0.1) is 24.2 Å². The number of nitrogens with zero attached hydrogens (tertiary/aromatic N) is 1. The van der Waals surface area contributed by atoms with Gasteiger partial charge in [-0.05, 0) is 56.0 Å². The third kappa shape index (κ3) is 4.78. The second kappa shape index (κ2) is 10.2. The van der Waals surface area contributed by atoms with Gasteiger partial charge in [0.25, 0.3) is 0 Å². The zero-order valence-corrected chi connectivity index (χ0v) is 19.8. The van der Waals surface area contributed by atoms with Crippen LogP contribution in [0.1, 0.15) is 48.0 Å². The first-order chi connectivity index (χ1) is 17.5. The molecule has 10 nitrogen and oxygen atoms in total. The number of carbonyl (C=O) groups is 3. The molecule has 4 N–H and O–H groups in total. The number of rotatable bonds is 6. The Bertz CT molecular complexity index is 1110. The Kier molecular flexibility index (Phi) is 6.88. The van der Waals surface area contributed by atoms with Gasteiger partial charge in [0.1, 0.15) is 6.10 Å². The summed E-state index contributed by atoms with van der Waals surface area (Å²) < 4.78 is 10.6. The summed E-state index contributed by atoms with van der Waals surface area (Å²) in [5.74, 6) is -0.825. The van der Waals surface area contributed by atoms with Crippen LogP contribution >= 0.6 is 0 Å². The van der Waals surface area contributed by atoms with E-state index in [1.807, 2.05) is 42.5 Å². The summed E-state index contributed by atoms with van der Waals surface area (Å²) in [5.41, 5.74) is 1.19. The quantitative estimate of drug-likeness (QED) is 0.446. The Morgan fingerprint density at radius 1 is 1.11 bits per heavy atom. The summed E-state index contributed by atoms with van der Waals surface area (Å²) in [6.45, 7) is 1.64. The molecule has 5 atom stereocenters. The van der Waals surface area contributed by atoms with Crippen molar-refractivity contribution < 1.29 is 29.0 Å². The summed E-state index contributed by atoms with van der Waals surface area (Å²) in [4.78, 5) is 41.6. The minimum absolute atomic E-state index is 0.0184. The molecule has 3 aliphatic heterocycles. The van der Waals surface area contributed by atoms with Crippen LogP contribution in [0.4, 0.5) is 9.59 Å². The van der Waals surface area contributed by atoms with Crippen LogP contribution in [-0.2, 0) is 19.9 Å². The van der Waals surface area contributed by atoms with Crippen LogP contribution in [0.3, 0.4) is 0 Å². The van der Waals surface area contributed by atoms with Crippen molar-refractivity contribution in [1.29, 1.82) is 0 Å². The number of nitrogens with one attached hydrogen (secondary N) is 3. The number of aromatic nitrogens is 1. The topological polar surface area (TPSA) is 139 Å². The minimum Gasteiger partial charge on any atom is -0.450 e. The Balaban J connectivity index is 1.38. The lowest BCUT2D eigenvalue weighted by molar-refractivity contribution is -0.144. The maximum atomic E-state index is 13.8. The Morgan fingerprint density at radius 2 is 1.94 bits per heavy atom. The Morgan fingerprint density at radius 3 is 2.64 bits per heavy atom. The highest BCUT2D eigenvalue weighted by atomic mass is 16.7. The van der Waals surface area contributed by atoms with E-state index in [0.717, 1.165) is 30.6 Å². The van der Waals surface area contributed by atoms with Gasteiger partial charge < -0.3 is 30.5 Å². The van der Waals surface area contributed by atoms with Crippen molar-refractivity contribution in [2.75, 3.05) is 26.2 Å². The largest absolute Gasteiger partial charge is 0.506 e. The molecule has 5 unspecified atom stereocenters. The van der Waals surface area contributed by atoms with Gasteiger partial charge in [-0.25, -0.2) is 9.59 Å².